The largest absolute Gasteiger partial charge is 0.473 e. The van der Waals surface area contributed by atoms with Crippen LogP contribution < -0.4 is 4.74 Å². The summed E-state index contributed by atoms with van der Waals surface area (Å²) in [4.78, 5) is 12.8. The van der Waals surface area contributed by atoms with E-state index in [1.54, 1.807) is 18.6 Å². The molecule has 5 nitrogen and oxygen atoms in total. The molecule has 0 aliphatic rings. The molecule has 0 radical (unpaired) electrons. The molecule has 0 bridgehead atoms. The molecule has 0 amide bonds. The van der Waals surface area contributed by atoms with Gasteiger partial charge in [0.1, 0.15) is 12.3 Å². The fourth-order valence-electron chi connectivity index (χ4n) is 1.81. The number of nitrogens with zero attached hydrogens (tertiary/aromatic N) is 4. The summed E-state index contributed by atoms with van der Waals surface area (Å²) in [6.45, 7) is 0.486. The number of rotatable bonds is 4. The van der Waals surface area contributed by atoms with E-state index in [0.29, 0.717) is 18.3 Å². The van der Waals surface area contributed by atoms with Gasteiger partial charge in [0.15, 0.2) is 5.82 Å². The molecule has 3 aromatic rings. The van der Waals surface area contributed by atoms with Crippen molar-refractivity contribution in [3.05, 3.63) is 60.7 Å². The van der Waals surface area contributed by atoms with E-state index in [2.05, 4.69) is 15.0 Å². The summed E-state index contributed by atoms with van der Waals surface area (Å²) in [5.74, 6) is 1.11. The van der Waals surface area contributed by atoms with Crippen LogP contribution in [0, 0.1) is 0 Å². The van der Waals surface area contributed by atoms with E-state index in [-0.39, 0.29) is 0 Å². The normalized spacial score (nSPS) is 10.4. The van der Waals surface area contributed by atoms with E-state index in [4.69, 9.17) is 4.74 Å². The summed E-state index contributed by atoms with van der Waals surface area (Å²) in [7, 11) is 1.91. The maximum atomic E-state index is 5.68. The first-order chi connectivity index (χ1) is 9.81. The monoisotopic (exact) mass is 266 g/mol. The summed E-state index contributed by atoms with van der Waals surface area (Å²) in [6.07, 6.45) is 5.27. The second kappa shape index (κ2) is 5.52. The first kappa shape index (κ1) is 12.3. The summed E-state index contributed by atoms with van der Waals surface area (Å²) >= 11 is 0. The minimum atomic E-state index is 0.486. The summed E-state index contributed by atoms with van der Waals surface area (Å²) < 4.78 is 7.53. The number of aromatic nitrogens is 4. The molecule has 3 rings (SSSR count). The molecular weight excluding hydrogens is 252 g/mol. The van der Waals surface area contributed by atoms with E-state index in [0.717, 1.165) is 11.3 Å². The molecule has 0 fully saturated rings. The van der Waals surface area contributed by atoms with Crippen molar-refractivity contribution < 1.29 is 4.74 Å². The Morgan fingerprint density at radius 3 is 2.70 bits per heavy atom. The minimum Gasteiger partial charge on any atom is -0.473 e. The highest BCUT2D eigenvalue weighted by molar-refractivity contribution is 5.47. The maximum Gasteiger partial charge on any atom is 0.217 e. The molecule has 0 aliphatic heterocycles. The second-order valence-corrected chi connectivity index (χ2v) is 4.42. The fourth-order valence-corrected chi connectivity index (χ4v) is 1.81. The van der Waals surface area contributed by atoms with Gasteiger partial charge in [-0.2, -0.15) is 4.98 Å². The van der Waals surface area contributed by atoms with Gasteiger partial charge in [0.2, 0.25) is 5.88 Å². The average Bonchev–Trinajstić information content (AvgIpc) is 2.93. The van der Waals surface area contributed by atoms with Gasteiger partial charge in [0.05, 0.1) is 6.33 Å². The van der Waals surface area contributed by atoms with Crippen LogP contribution in [-0.4, -0.2) is 19.5 Å². The van der Waals surface area contributed by atoms with Gasteiger partial charge in [-0.1, -0.05) is 30.3 Å². The quantitative estimate of drug-likeness (QED) is 0.728. The number of imidazole rings is 1. The summed E-state index contributed by atoms with van der Waals surface area (Å²) in [6, 6.07) is 11.7. The van der Waals surface area contributed by atoms with Crippen LogP contribution in [0.3, 0.4) is 0 Å². The van der Waals surface area contributed by atoms with Crippen molar-refractivity contribution in [1.29, 1.82) is 0 Å². The first-order valence-electron chi connectivity index (χ1n) is 6.29. The van der Waals surface area contributed by atoms with Gasteiger partial charge in [-0.15, -0.1) is 0 Å². The average molecular weight is 266 g/mol. The topological polar surface area (TPSA) is 52.8 Å². The van der Waals surface area contributed by atoms with Crippen molar-refractivity contribution in [3.8, 4) is 17.4 Å². The van der Waals surface area contributed by atoms with Crippen molar-refractivity contribution in [1.82, 2.24) is 19.5 Å². The lowest BCUT2D eigenvalue weighted by atomic mass is 10.2. The fraction of sp³-hybridized carbons (Fsp3) is 0.133. The molecule has 0 saturated heterocycles. The van der Waals surface area contributed by atoms with Gasteiger partial charge in [0, 0.05) is 25.5 Å². The molecule has 0 saturated carbocycles. The zero-order valence-corrected chi connectivity index (χ0v) is 11.1. The number of aryl methyl sites for hydroxylation is 1. The third-order valence-electron chi connectivity index (χ3n) is 2.79. The Morgan fingerprint density at radius 1 is 1.10 bits per heavy atom. The van der Waals surface area contributed by atoms with Gasteiger partial charge in [0.25, 0.3) is 0 Å². The molecule has 5 heteroatoms. The summed E-state index contributed by atoms with van der Waals surface area (Å²) in [5, 5.41) is 0. The van der Waals surface area contributed by atoms with Gasteiger partial charge in [-0.3, -0.25) is 0 Å². The van der Waals surface area contributed by atoms with Crippen molar-refractivity contribution in [3.63, 3.8) is 0 Å². The SMILES string of the molecule is Cn1cnc(-c2nccc(OCc3ccccc3)n2)c1. The molecule has 0 spiro atoms. The molecule has 0 unspecified atom stereocenters. The highest BCUT2D eigenvalue weighted by atomic mass is 16.5. The van der Waals surface area contributed by atoms with Crippen molar-refractivity contribution >= 4 is 0 Å². The number of benzene rings is 1. The first-order valence-corrected chi connectivity index (χ1v) is 6.29. The number of ether oxygens (including phenoxy) is 1. The van der Waals surface area contributed by atoms with Crippen LogP contribution in [0.25, 0.3) is 11.5 Å². The Morgan fingerprint density at radius 2 is 1.95 bits per heavy atom. The Bertz CT molecular complexity index is 694. The van der Waals surface area contributed by atoms with E-state index in [1.165, 1.54) is 0 Å². The van der Waals surface area contributed by atoms with Crippen molar-refractivity contribution in [2.45, 2.75) is 6.61 Å². The molecule has 2 heterocycles. The third kappa shape index (κ3) is 2.83. The molecule has 0 atom stereocenters. The third-order valence-corrected chi connectivity index (χ3v) is 2.79. The van der Waals surface area contributed by atoms with E-state index < -0.39 is 0 Å². The Kier molecular flexibility index (Phi) is 3.41. The zero-order chi connectivity index (χ0) is 13.8. The lowest BCUT2D eigenvalue weighted by Gasteiger charge is -2.05. The molecule has 0 aliphatic carbocycles. The molecular formula is C15H14N4O. The zero-order valence-electron chi connectivity index (χ0n) is 11.1. The lowest BCUT2D eigenvalue weighted by Crippen LogP contribution is -1.99. The van der Waals surface area contributed by atoms with Gasteiger partial charge in [-0.05, 0) is 5.56 Å². The molecule has 100 valence electrons. The number of hydrogen-bond donors (Lipinski definition) is 0. The van der Waals surface area contributed by atoms with Crippen LogP contribution in [0.2, 0.25) is 0 Å². The Hall–Kier alpha value is -2.69. The Balaban J connectivity index is 1.75. The van der Waals surface area contributed by atoms with Crippen molar-refractivity contribution in [2.24, 2.45) is 7.05 Å². The Labute approximate surface area is 116 Å². The maximum absolute atomic E-state index is 5.68. The predicted molar refractivity (Wildman–Crippen MR) is 75.0 cm³/mol. The second-order valence-electron chi connectivity index (χ2n) is 4.42. The molecule has 20 heavy (non-hydrogen) atoms. The minimum absolute atomic E-state index is 0.486. The summed E-state index contributed by atoms with van der Waals surface area (Å²) in [5.41, 5.74) is 1.84. The lowest BCUT2D eigenvalue weighted by molar-refractivity contribution is 0.293. The van der Waals surface area contributed by atoms with E-state index >= 15 is 0 Å². The van der Waals surface area contributed by atoms with Gasteiger partial charge < -0.3 is 9.30 Å². The van der Waals surface area contributed by atoms with Crippen molar-refractivity contribution in [2.75, 3.05) is 0 Å². The van der Waals surface area contributed by atoms with E-state index in [9.17, 15) is 0 Å². The number of hydrogen-bond acceptors (Lipinski definition) is 4. The highest BCUT2D eigenvalue weighted by Gasteiger charge is 2.06. The predicted octanol–water partition coefficient (Wildman–Crippen LogP) is 2.46. The van der Waals surface area contributed by atoms with Crippen LogP contribution in [0.15, 0.2) is 55.1 Å². The smallest absolute Gasteiger partial charge is 0.217 e. The van der Waals surface area contributed by atoms with Crippen LogP contribution in [0.5, 0.6) is 5.88 Å². The molecule has 1 aromatic carbocycles. The van der Waals surface area contributed by atoms with Crippen LogP contribution >= 0.6 is 0 Å². The van der Waals surface area contributed by atoms with Gasteiger partial charge in [-0.25, -0.2) is 9.97 Å². The molecule has 0 N–H and O–H groups in total. The van der Waals surface area contributed by atoms with Crippen LogP contribution in [0.4, 0.5) is 0 Å². The highest BCUT2D eigenvalue weighted by Crippen LogP contribution is 2.15. The van der Waals surface area contributed by atoms with Crippen LogP contribution in [0.1, 0.15) is 5.56 Å². The molecule has 2 aromatic heterocycles. The van der Waals surface area contributed by atoms with Gasteiger partial charge >= 0.3 is 0 Å². The van der Waals surface area contributed by atoms with E-state index in [1.807, 2.05) is 48.1 Å². The standard InChI is InChI=1S/C15H14N4O/c1-19-9-13(17-11-19)15-16-8-7-14(18-15)20-10-12-5-3-2-4-6-12/h2-9,11H,10H2,1H3. The van der Waals surface area contributed by atoms with Crippen LogP contribution in [-0.2, 0) is 13.7 Å².